The topological polar surface area (TPSA) is 66.0 Å². The van der Waals surface area contributed by atoms with Crippen LogP contribution in [0.5, 0.6) is 11.6 Å². The Balaban J connectivity index is 2.09. The quantitative estimate of drug-likeness (QED) is 0.778. The molecule has 0 saturated carbocycles. The fraction of sp³-hybridized carbons (Fsp3) is 0.143. The van der Waals surface area contributed by atoms with Gasteiger partial charge < -0.3 is 10.5 Å². The number of pyridine rings is 1. The lowest BCUT2D eigenvalue weighted by molar-refractivity contribution is 0.468. The van der Waals surface area contributed by atoms with Gasteiger partial charge in [0.05, 0.1) is 12.4 Å². The molecule has 0 saturated heterocycles. The van der Waals surface area contributed by atoms with Crippen molar-refractivity contribution in [1.29, 1.82) is 0 Å². The van der Waals surface area contributed by atoms with E-state index in [1.54, 1.807) is 23.3 Å². The van der Waals surface area contributed by atoms with Crippen molar-refractivity contribution in [2.45, 2.75) is 6.54 Å². The predicted molar refractivity (Wildman–Crippen MR) is 72.9 cm³/mol. The van der Waals surface area contributed by atoms with Crippen LogP contribution in [0.2, 0.25) is 0 Å². The molecule has 0 fully saturated rings. The predicted octanol–water partition coefficient (Wildman–Crippen LogP) is 2.22. The fourth-order valence-electron chi connectivity index (χ4n) is 2.03. The Morgan fingerprint density at radius 1 is 1.21 bits per heavy atom. The van der Waals surface area contributed by atoms with E-state index < -0.39 is 0 Å². The summed E-state index contributed by atoms with van der Waals surface area (Å²) < 4.78 is 7.46. The molecule has 2 heterocycles. The van der Waals surface area contributed by atoms with Gasteiger partial charge in [0.15, 0.2) is 5.75 Å². The van der Waals surface area contributed by atoms with Gasteiger partial charge in [-0.2, -0.15) is 5.10 Å². The van der Waals surface area contributed by atoms with Crippen molar-refractivity contribution in [3.05, 3.63) is 48.4 Å². The van der Waals surface area contributed by atoms with E-state index in [2.05, 4.69) is 10.1 Å². The first-order valence-electron chi connectivity index (χ1n) is 6.01. The van der Waals surface area contributed by atoms with Crippen LogP contribution in [0.1, 0.15) is 5.56 Å². The third kappa shape index (κ3) is 2.15. The second kappa shape index (κ2) is 4.70. The minimum absolute atomic E-state index is 0.459. The summed E-state index contributed by atoms with van der Waals surface area (Å²) in [6, 6.07) is 7.94. The number of aryl methyl sites for hydroxylation is 1. The molecule has 0 spiro atoms. The second-order valence-corrected chi connectivity index (χ2v) is 4.29. The van der Waals surface area contributed by atoms with Crippen molar-refractivity contribution in [3.63, 3.8) is 0 Å². The summed E-state index contributed by atoms with van der Waals surface area (Å²) in [5.74, 6) is 1.24. The first-order chi connectivity index (χ1) is 9.28. The molecular formula is C14H14N4O. The van der Waals surface area contributed by atoms with E-state index >= 15 is 0 Å². The van der Waals surface area contributed by atoms with Crippen LogP contribution in [0.3, 0.4) is 0 Å². The summed E-state index contributed by atoms with van der Waals surface area (Å²) >= 11 is 0. The van der Waals surface area contributed by atoms with Crippen LogP contribution in [-0.4, -0.2) is 14.8 Å². The second-order valence-electron chi connectivity index (χ2n) is 4.29. The molecule has 0 amide bonds. The highest BCUT2D eigenvalue weighted by atomic mass is 16.5. The normalized spacial score (nSPS) is 10.8. The SMILES string of the molecule is Cn1cc(Oc2ncc(CN)c3ccccc23)cn1. The van der Waals surface area contributed by atoms with Gasteiger partial charge in [-0.1, -0.05) is 18.2 Å². The van der Waals surface area contributed by atoms with Crippen LogP contribution < -0.4 is 10.5 Å². The lowest BCUT2D eigenvalue weighted by atomic mass is 10.1. The highest BCUT2D eigenvalue weighted by Gasteiger charge is 2.09. The van der Waals surface area contributed by atoms with Crippen LogP contribution >= 0.6 is 0 Å². The largest absolute Gasteiger partial charge is 0.435 e. The number of hydrogen-bond acceptors (Lipinski definition) is 4. The van der Waals surface area contributed by atoms with Crippen molar-refractivity contribution in [3.8, 4) is 11.6 Å². The fourth-order valence-corrected chi connectivity index (χ4v) is 2.03. The third-order valence-electron chi connectivity index (χ3n) is 2.96. The summed E-state index contributed by atoms with van der Waals surface area (Å²) in [6.07, 6.45) is 5.22. The molecule has 3 aromatic rings. The third-order valence-corrected chi connectivity index (χ3v) is 2.96. The van der Waals surface area contributed by atoms with Gasteiger partial charge in [0, 0.05) is 25.2 Å². The maximum absolute atomic E-state index is 5.78. The van der Waals surface area contributed by atoms with Crippen molar-refractivity contribution >= 4 is 10.8 Å². The lowest BCUT2D eigenvalue weighted by Crippen LogP contribution is -1.99. The molecule has 3 rings (SSSR count). The molecule has 0 aliphatic heterocycles. The van der Waals surface area contributed by atoms with Crippen LogP contribution in [0.4, 0.5) is 0 Å². The number of hydrogen-bond donors (Lipinski definition) is 1. The molecule has 96 valence electrons. The van der Waals surface area contributed by atoms with E-state index in [4.69, 9.17) is 10.5 Å². The number of benzene rings is 1. The molecule has 0 aliphatic carbocycles. The summed E-state index contributed by atoms with van der Waals surface area (Å²) in [6.45, 7) is 0.459. The van der Waals surface area contributed by atoms with Crippen LogP contribution in [0.15, 0.2) is 42.9 Å². The van der Waals surface area contributed by atoms with Crippen LogP contribution in [0.25, 0.3) is 10.8 Å². The van der Waals surface area contributed by atoms with Gasteiger partial charge in [0.25, 0.3) is 0 Å². The molecule has 0 unspecified atom stereocenters. The molecule has 1 aromatic carbocycles. The standard InChI is InChI=1S/C14H14N4O/c1-18-9-11(8-17-18)19-14-13-5-3-2-4-12(13)10(6-15)7-16-14/h2-5,7-9H,6,15H2,1H3. The minimum atomic E-state index is 0.459. The Hall–Kier alpha value is -2.40. The Kier molecular flexibility index (Phi) is 2.89. The average molecular weight is 254 g/mol. The van der Waals surface area contributed by atoms with Gasteiger partial charge >= 0.3 is 0 Å². The Labute approximate surface area is 110 Å². The molecular weight excluding hydrogens is 240 g/mol. The zero-order valence-corrected chi connectivity index (χ0v) is 10.6. The van der Waals surface area contributed by atoms with Gasteiger partial charge in [-0.15, -0.1) is 0 Å². The number of fused-ring (bicyclic) bond motifs is 1. The van der Waals surface area contributed by atoms with Crippen molar-refractivity contribution in [2.24, 2.45) is 12.8 Å². The monoisotopic (exact) mass is 254 g/mol. The summed E-state index contributed by atoms with van der Waals surface area (Å²) in [4.78, 5) is 4.34. The van der Waals surface area contributed by atoms with Crippen molar-refractivity contribution in [1.82, 2.24) is 14.8 Å². The molecule has 2 aromatic heterocycles. The van der Waals surface area contributed by atoms with Gasteiger partial charge in [-0.3, -0.25) is 4.68 Å². The highest BCUT2D eigenvalue weighted by molar-refractivity contribution is 5.89. The zero-order chi connectivity index (χ0) is 13.2. The Morgan fingerprint density at radius 2 is 2.00 bits per heavy atom. The van der Waals surface area contributed by atoms with E-state index in [1.807, 2.05) is 31.3 Å². The highest BCUT2D eigenvalue weighted by Crippen LogP contribution is 2.29. The molecule has 5 heteroatoms. The number of aromatic nitrogens is 3. The Morgan fingerprint density at radius 3 is 2.68 bits per heavy atom. The molecule has 0 radical (unpaired) electrons. The van der Waals surface area contributed by atoms with Crippen LogP contribution in [-0.2, 0) is 13.6 Å². The van der Waals surface area contributed by atoms with Crippen molar-refractivity contribution in [2.75, 3.05) is 0 Å². The number of nitrogens with two attached hydrogens (primary N) is 1. The van der Waals surface area contributed by atoms with Gasteiger partial charge in [0.1, 0.15) is 0 Å². The first kappa shape index (κ1) is 11.7. The van der Waals surface area contributed by atoms with Gasteiger partial charge in [-0.25, -0.2) is 4.98 Å². The molecule has 19 heavy (non-hydrogen) atoms. The average Bonchev–Trinajstić information content (AvgIpc) is 2.85. The van der Waals surface area contributed by atoms with Crippen molar-refractivity contribution < 1.29 is 4.74 Å². The van der Waals surface area contributed by atoms with E-state index in [9.17, 15) is 0 Å². The van der Waals surface area contributed by atoms with Gasteiger partial charge in [-0.05, 0) is 17.0 Å². The number of rotatable bonds is 3. The smallest absolute Gasteiger partial charge is 0.227 e. The number of nitrogens with zero attached hydrogens (tertiary/aromatic N) is 3. The van der Waals surface area contributed by atoms with E-state index in [0.29, 0.717) is 18.2 Å². The molecule has 0 atom stereocenters. The van der Waals surface area contributed by atoms with E-state index in [1.165, 1.54) is 0 Å². The summed E-state index contributed by atoms with van der Waals surface area (Å²) in [5.41, 5.74) is 6.74. The van der Waals surface area contributed by atoms with Crippen LogP contribution in [0, 0.1) is 0 Å². The molecule has 0 aliphatic rings. The minimum Gasteiger partial charge on any atom is -0.435 e. The van der Waals surface area contributed by atoms with E-state index in [-0.39, 0.29) is 0 Å². The number of ether oxygens (including phenoxy) is 1. The maximum atomic E-state index is 5.78. The summed E-state index contributed by atoms with van der Waals surface area (Å²) in [5, 5.41) is 6.09. The first-order valence-corrected chi connectivity index (χ1v) is 6.01. The molecule has 2 N–H and O–H groups in total. The Bertz CT molecular complexity index is 720. The maximum Gasteiger partial charge on any atom is 0.227 e. The van der Waals surface area contributed by atoms with E-state index in [0.717, 1.165) is 16.3 Å². The molecule has 0 bridgehead atoms. The lowest BCUT2D eigenvalue weighted by Gasteiger charge is -2.08. The summed E-state index contributed by atoms with van der Waals surface area (Å²) in [7, 11) is 1.84. The van der Waals surface area contributed by atoms with Gasteiger partial charge in [0.2, 0.25) is 5.88 Å². The zero-order valence-electron chi connectivity index (χ0n) is 10.6. The molecule has 5 nitrogen and oxygen atoms in total.